The van der Waals surface area contributed by atoms with Gasteiger partial charge in [0.15, 0.2) is 6.10 Å². The zero-order valence-corrected chi connectivity index (χ0v) is 37.9. The predicted octanol–water partition coefficient (Wildman–Crippen LogP) is 11.6. The van der Waals surface area contributed by atoms with Crippen molar-refractivity contribution in [3.8, 4) is 0 Å². The highest BCUT2D eigenvalue weighted by molar-refractivity contribution is 5.70. The molecule has 0 aromatic carbocycles. The third kappa shape index (κ3) is 38.5. The SMILES string of the molecule is CC/C=C/C=C/C=C/CCCCCCCC(=O)OC(COCCC(C(=O)[O-])[N+](C)(C)C)COC(=O)CCCCCCCCCCCCCCCC/C=C/C/C=C/CC. The average molecular weight is 814 g/mol. The third-order valence-corrected chi connectivity index (χ3v) is 10.2. The summed E-state index contributed by atoms with van der Waals surface area (Å²) in [5.74, 6) is -1.76. The van der Waals surface area contributed by atoms with Crippen LogP contribution >= 0.6 is 0 Å². The molecule has 0 aliphatic heterocycles. The minimum atomic E-state index is -1.13. The molecular weight excluding hydrogens is 727 g/mol. The zero-order valence-electron chi connectivity index (χ0n) is 37.9. The van der Waals surface area contributed by atoms with Gasteiger partial charge in [0.1, 0.15) is 12.6 Å². The highest BCUT2D eigenvalue weighted by atomic mass is 16.6. The van der Waals surface area contributed by atoms with Gasteiger partial charge in [0.05, 0.1) is 40.3 Å². The van der Waals surface area contributed by atoms with E-state index in [0.29, 0.717) is 12.8 Å². The van der Waals surface area contributed by atoms with Crippen molar-refractivity contribution in [3.63, 3.8) is 0 Å². The summed E-state index contributed by atoms with van der Waals surface area (Å²) in [5.41, 5.74) is 0. The van der Waals surface area contributed by atoms with Crippen LogP contribution in [0.3, 0.4) is 0 Å². The van der Waals surface area contributed by atoms with Crippen molar-refractivity contribution in [1.82, 2.24) is 0 Å². The van der Waals surface area contributed by atoms with E-state index >= 15 is 0 Å². The molecule has 8 heteroatoms. The lowest BCUT2D eigenvalue weighted by atomic mass is 10.0. The summed E-state index contributed by atoms with van der Waals surface area (Å²) in [6.07, 6.45) is 49.7. The molecule has 0 bridgehead atoms. The van der Waals surface area contributed by atoms with Crippen LogP contribution < -0.4 is 5.11 Å². The molecule has 0 rings (SSSR count). The van der Waals surface area contributed by atoms with Crippen LogP contribution in [-0.4, -0.2) is 75.5 Å². The van der Waals surface area contributed by atoms with Crippen molar-refractivity contribution in [2.24, 2.45) is 0 Å². The molecular formula is C50H87NO7. The summed E-state index contributed by atoms with van der Waals surface area (Å²) in [5, 5.41) is 11.6. The Balaban J connectivity index is 4.24. The first-order valence-electron chi connectivity index (χ1n) is 23.3. The number of quaternary nitrogens is 1. The van der Waals surface area contributed by atoms with Crippen LogP contribution in [0, 0.1) is 0 Å². The number of likely N-dealkylation sites (N-methyl/N-ethyl adjacent to an activating group) is 1. The van der Waals surface area contributed by atoms with E-state index in [9.17, 15) is 19.5 Å². The number of carboxylic acids is 1. The van der Waals surface area contributed by atoms with Gasteiger partial charge in [0.2, 0.25) is 0 Å². The molecule has 0 radical (unpaired) electrons. The van der Waals surface area contributed by atoms with Gasteiger partial charge in [-0.3, -0.25) is 9.59 Å². The highest BCUT2D eigenvalue weighted by Crippen LogP contribution is 2.15. The van der Waals surface area contributed by atoms with Crippen LogP contribution in [-0.2, 0) is 28.6 Å². The second-order valence-corrected chi connectivity index (χ2v) is 16.6. The number of carboxylic acid groups (broad SMARTS) is 1. The van der Waals surface area contributed by atoms with Crippen LogP contribution in [0.1, 0.15) is 187 Å². The summed E-state index contributed by atoms with van der Waals surface area (Å²) >= 11 is 0. The van der Waals surface area contributed by atoms with Crippen molar-refractivity contribution >= 4 is 17.9 Å². The van der Waals surface area contributed by atoms with Gasteiger partial charge < -0.3 is 28.6 Å². The molecule has 0 N–H and O–H groups in total. The molecule has 2 unspecified atom stereocenters. The number of hydrogen-bond acceptors (Lipinski definition) is 7. The Morgan fingerprint density at radius 1 is 0.534 bits per heavy atom. The minimum Gasteiger partial charge on any atom is -0.544 e. The largest absolute Gasteiger partial charge is 0.544 e. The second-order valence-electron chi connectivity index (χ2n) is 16.6. The molecule has 0 saturated carbocycles. The second kappa shape index (κ2) is 40.8. The van der Waals surface area contributed by atoms with Crippen LogP contribution in [0.4, 0.5) is 0 Å². The van der Waals surface area contributed by atoms with Crippen molar-refractivity contribution in [2.45, 2.75) is 199 Å². The van der Waals surface area contributed by atoms with E-state index < -0.39 is 18.1 Å². The molecule has 0 heterocycles. The Hall–Kier alpha value is -2.97. The Morgan fingerprint density at radius 2 is 1.00 bits per heavy atom. The number of ether oxygens (including phenoxy) is 3. The highest BCUT2D eigenvalue weighted by Gasteiger charge is 2.25. The predicted molar refractivity (Wildman–Crippen MR) is 240 cm³/mol. The maximum Gasteiger partial charge on any atom is 0.306 e. The number of nitrogens with zero attached hydrogens (tertiary/aromatic N) is 1. The lowest BCUT2D eigenvalue weighted by molar-refractivity contribution is -0.889. The number of carbonyl (C=O) groups is 3. The van der Waals surface area contributed by atoms with Crippen molar-refractivity contribution in [1.29, 1.82) is 0 Å². The van der Waals surface area contributed by atoms with Gasteiger partial charge in [0, 0.05) is 19.3 Å². The third-order valence-electron chi connectivity index (χ3n) is 10.2. The molecule has 0 amide bonds. The molecule has 334 valence electrons. The molecule has 0 aliphatic rings. The molecule has 2 atom stereocenters. The monoisotopic (exact) mass is 814 g/mol. The Labute approximate surface area is 356 Å². The van der Waals surface area contributed by atoms with Crippen LogP contribution in [0.2, 0.25) is 0 Å². The van der Waals surface area contributed by atoms with E-state index in [2.05, 4.69) is 68.5 Å². The van der Waals surface area contributed by atoms with E-state index in [0.717, 1.165) is 77.0 Å². The number of rotatable bonds is 41. The Morgan fingerprint density at radius 3 is 1.52 bits per heavy atom. The van der Waals surface area contributed by atoms with Gasteiger partial charge in [-0.05, 0) is 57.8 Å². The molecule has 0 spiro atoms. The van der Waals surface area contributed by atoms with E-state index in [-0.39, 0.29) is 42.7 Å². The molecule has 8 nitrogen and oxygen atoms in total. The van der Waals surface area contributed by atoms with E-state index in [4.69, 9.17) is 14.2 Å². The number of aliphatic carboxylic acids is 1. The number of esters is 2. The van der Waals surface area contributed by atoms with Gasteiger partial charge >= 0.3 is 11.9 Å². The first-order valence-corrected chi connectivity index (χ1v) is 23.3. The van der Waals surface area contributed by atoms with Gasteiger partial charge in [-0.1, -0.05) is 171 Å². The topological polar surface area (TPSA) is 102 Å². The fraction of sp³-hybridized carbons (Fsp3) is 0.740. The summed E-state index contributed by atoms with van der Waals surface area (Å²) in [6.45, 7) is 4.41. The van der Waals surface area contributed by atoms with Gasteiger partial charge in [-0.15, -0.1) is 0 Å². The normalized spacial score (nSPS) is 13.5. The molecule has 58 heavy (non-hydrogen) atoms. The Kier molecular flexibility index (Phi) is 38.7. The summed E-state index contributed by atoms with van der Waals surface area (Å²) in [7, 11) is 5.40. The van der Waals surface area contributed by atoms with Crippen molar-refractivity contribution < 1.29 is 38.2 Å². The lowest BCUT2D eigenvalue weighted by Gasteiger charge is -2.34. The zero-order chi connectivity index (χ0) is 42.8. The molecule has 0 fully saturated rings. The van der Waals surface area contributed by atoms with Crippen molar-refractivity contribution in [3.05, 3.63) is 60.8 Å². The van der Waals surface area contributed by atoms with Crippen molar-refractivity contribution in [2.75, 3.05) is 41.0 Å². The first kappa shape index (κ1) is 55.0. The van der Waals surface area contributed by atoms with Gasteiger partial charge in [0.25, 0.3) is 0 Å². The molecule has 0 aliphatic carbocycles. The van der Waals surface area contributed by atoms with E-state index in [1.807, 2.05) is 6.08 Å². The Bertz CT molecular complexity index is 1130. The quantitative estimate of drug-likeness (QED) is 0.0199. The van der Waals surface area contributed by atoms with Crippen LogP contribution in [0.25, 0.3) is 0 Å². The summed E-state index contributed by atoms with van der Waals surface area (Å²) < 4.78 is 17.2. The van der Waals surface area contributed by atoms with Crippen LogP contribution in [0.15, 0.2) is 60.8 Å². The summed E-state index contributed by atoms with van der Waals surface area (Å²) in [6, 6.07) is -0.731. The average Bonchev–Trinajstić information content (AvgIpc) is 3.18. The molecule has 0 saturated heterocycles. The number of unbranched alkanes of at least 4 members (excludes halogenated alkanes) is 19. The maximum absolute atomic E-state index is 12.7. The number of hydrogen-bond donors (Lipinski definition) is 0. The minimum absolute atomic E-state index is 0.0311. The standard InChI is InChI=1S/C50H87NO7/c1-6-8-10-12-14-16-18-20-21-22-23-24-25-26-27-29-30-32-34-36-38-40-48(52)57-45-46(44-56-43-42-47(50(54)55)51(3,4)5)58-49(53)41-39-37-35-33-31-28-19-17-15-13-11-9-7-2/h8-11,13-17,19,46-47H,6-7,12,18,20-45H2,1-5H3/b10-8+,11-9+,15-13+,16-14+,19-17+. The van der Waals surface area contributed by atoms with Crippen LogP contribution in [0.5, 0.6) is 0 Å². The summed E-state index contributed by atoms with van der Waals surface area (Å²) in [4.78, 5) is 36.9. The fourth-order valence-electron chi connectivity index (χ4n) is 6.64. The molecule has 0 aromatic heterocycles. The first-order chi connectivity index (χ1) is 28.1. The number of carbonyl (C=O) groups excluding carboxylic acids is 3. The smallest absolute Gasteiger partial charge is 0.306 e. The fourth-order valence-corrected chi connectivity index (χ4v) is 6.64. The maximum atomic E-state index is 12.7. The van der Waals surface area contributed by atoms with Gasteiger partial charge in [-0.2, -0.15) is 0 Å². The van der Waals surface area contributed by atoms with Gasteiger partial charge in [-0.25, -0.2) is 0 Å². The van der Waals surface area contributed by atoms with E-state index in [1.165, 1.54) is 77.0 Å². The number of allylic oxidation sites excluding steroid dienone is 10. The lowest BCUT2D eigenvalue weighted by Crippen LogP contribution is -2.55. The molecule has 0 aromatic rings. The van der Waals surface area contributed by atoms with E-state index in [1.54, 1.807) is 21.1 Å².